The molecule has 1 saturated heterocycles. The summed E-state index contributed by atoms with van der Waals surface area (Å²) in [4.78, 5) is 2.49. The van der Waals surface area contributed by atoms with Crippen molar-refractivity contribution in [3.8, 4) is 0 Å². The van der Waals surface area contributed by atoms with Crippen LogP contribution in [-0.2, 0) is 6.54 Å². The van der Waals surface area contributed by atoms with Gasteiger partial charge in [-0.05, 0) is 36.5 Å². The quantitative estimate of drug-likeness (QED) is 0.845. The Balaban J connectivity index is 1.97. The highest BCUT2D eigenvalue weighted by Gasteiger charge is 2.17. The minimum Gasteiger partial charge on any atom is -0.372 e. The summed E-state index contributed by atoms with van der Waals surface area (Å²) in [5.74, 6) is 0.944. The monoisotopic (exact) mass is 218 g/mol. The smallest absolute Gasteiger partial charge is 0.0366 e. The Bertz CT molecular complexity index is 310. The highest BCUT2D eigenvalue weighted by molar-refractivity contribution is 5.47. The molecule has 0 amide bonds. The number of anilines is 1. The van der Waals surface area contributed by atoms with Gasteiger partial charge in [-0.25, -0.2) is 0 Å². The summed E-state index contributed by atoms with van der Waals surface area (Å²) in [7, 11) is 0. The normalized spacial score (nSPS) is 17.8. The minimum absolute atomic E-state index is 0.637. The van der Waals surface area contributed by atoms with Gasteiger partial charge in [0.25, 0.3) is 0 Å². The van der Waals surface area contributed by atoms with Gasteiger partial charge in [0, 0.05) is 25.3 Å². The first kappa shape index (κ1) is 11.5. The molecule has 0 aromatic heterocycles. The maximum Gasteiger partial charge on any atom is 0.0366 e. The second kappa shape index (κ2) is 5.35. The van der Waals surface area contributed by atoms with Crippen molar-refractivity contribution in [1.29, 1.82) is 0 Å². The number of piperidine rings is 1. The van der Waals surface area contributed by atoms with Gasteiger partial charge < -0.3 is 10.6 Å². The van der Waals surface area contributed by atoms with E-state index in [0.29, 0.717) is 6.54 Å². The van der Waals surface area contributed by atoms with Gasteiger partial charge in [-0.2, -0.15) is 0 Å². The molecule has 1 fully saturated rings. The molecule has 16 heavy (non-hydrogen) atoms. The van der Waals surface area contributed by atoms with Crippen molar-refractivity contribution >= 4 is 5.69 Å². The third kappa shape index (κ3) is 2.56. The van der Waals surface area contributed by atoms with Gasteiger partial charge in [-0.15, -0.1) is 0 Å². The van der Waals surface area contributed by atoms with E-state index < -0.39 is 0 Å². The molecule has 0 aliphatic carbocycles. The van der Waals surface area contributed by atoms with Crippen LogP contribution in [0.3, 0.4) is 0 Å². The summed E-state index contributed by atoms with van der Waals surface area (Å²) in [5.41, 5.74) is 8.17. The SMILES string of the molecule is CCC1CCN(c2ccc(CN)cc2)CC1. The van der Waals surface area contributed by atoms with Gasteiger partial charge in [0.1, 0.15) is 0 Å². The van der Waals surface area contributed by atoms with Crippen LogP contribution in [0.1, 0.15) is 31.7 Å². The molecule has 0 saturated carbocycles. The number of benzene rings is 1. The Morgan fingerprint density at radius 2 is 1.81 bits per heavy atom. The molecule has 0 unspecified atom stereocenters. The van der Waals surface area contributed by atoms with Crippen molar-refractivity contribution in [3.05, 3.63) is 29.8 Å². The fourth-order valence-corrected chi connectivity index (χ4v) is 2.44. The first-order chi connectivity index (χ1) is 7.83. The largest absolute Gasteiger partial charge is 0.372 e. The van der Waals surface area contributed by atoms with Crippen LogP contribution in [0, 0.1) is 5.92 Å². The average molecular weight is 218 g/mol. The summed E-state index contributed by atoms with van der Waals surface area (Å²) in [6, 6.07) is 8.69. The van der Waals surface area contributed by atoms with Crippen LogP contribution < -0.4 is 10.6 Å². The van der Waals surface area contributed by atoms with Crippen LogP contribution in [0.2, 0.25) is 0 Å². The van der Waals surface area contributed by atoms with E-state index >= 15 is 0 Å². The standard InChI is InChI=1S/C14H22N2/c1-2-12-7-9-16(10-8-12)14-5-3-13(11-15)4-6-14/h3-6,12H,2,7-11,15H2,1H3. The fourth-order valence-electron chi connectivity index (χ4n) is 2.44. The molecule has 0 spiro atoms. The molecular formula is C14H22N2. The summed E-state index contributed by atoms with van der Waals surface area (Å²) >= 11 is 0. The van der Waals surface area contributed by atoms with Gasteiger partial charge in [0.05, 0.1) is 0 Å². The van der Waals surface area contributed by atoms with Gasteiger partial charge in [-0.1, -0.05) is 25.5 Å². The average Bonchev–Trinajstić information content (AvgIpc) is 2.39. The molecule has 88 valence electrons. The molecule has 1 aliphatic rings. The second-order valence-electron chi connectivity index (χ2n) is 4.71. The first-order valence-electron chi connectivity index (χ1n) is 6.37. The lowest BCUT2D eigenvalue weighted by molar-refractivity contribution is 0.395. The molecule has 0 bridgehead atoms. The summed E-state index contributed by atoms with van der Waals surface area (Å²) in [6.45, 7) is 5.36. The maximum absolute atomic E-state index is 5.60. The molecule has 1 aromatic rings. The molecule has 2 rings (SSSR count). The number of rotatable bonds is 3. The van der Waals surface area contributed by atoms with Crippen molar-refractivity contribution in [3.63, 3.8) is 0 Å². The minimum atomic E-state index is 0.637. The number of nitrogens with zero attached hydrogens (tertiary/aromatic N) is 1. The maximum atomic E-state index is 5.60. The van der Waals surface area contributed by atoms with E-state index in [1.807, 2.05) is 0 Å². The molecule has 1 aromatic carbocycles. The van der Waals surface area contributed by atoms with Gasteiger partial charge in [-0.3, -0.25) is 0 Å². The molecule has 0 atom stereocenters. The van der Waals surface area contributed by atoms with E-state index in [4.69, 9.17) is 5.73 Å². The number of hydrogen-bond acceptors (Lipinski definition) is 2. The summed E-state index contributed by atoms with van der Waals surface area (Å²) < 4.78 is 0. The third-order valence-electron chi connectivity index (χ3n) is 3.73. The van der Waals surface area contributed by atoms with Crippen molar-refractivity contribution < 1.29 is 0 Å². The lowest BCUT2D eigenvalue weighted by Gasteiger charge is -2.33. The highest BCUT2D eigenvalue weighted by Crippen LogP contribution is 2.24. The van der Waals surface area contributed by atoms with E-state index in [-0.39, 0.29) is 0 Å². The van der Waals surface area contributed by atoms with E-state index in [0.717, 1.165) is 5.92 Å². The molecule has 1 heterocycles. The van der Waals surface area contributed by atoms with Crippen molar-refractivity contribution in [2.75, 3.05) is 18.0 Å². The highest BCUT2D eigenvalue weighted by atomic mass is 15.1. The van der Waals surface area contributed by atoms with Crippen LogP contribution in [0.5, 0.6) is 0 Å². The Hall–Kier alpha value is -1.02. The van der Waals surface area contributed by atoms with E-state index in [1.54, 1.807) is 0 Å². The van der Waals surface area contributed by atoms with E-state index in [2.05, 4.69) is 36.1 Å². The zero-order valence-corrected chi connectivity index (χ0v) is 10.2. The predicted octanol–water partition coefficient (Wildman–Crippen LogP) is 2.77. The van der Waals surface area contributed by atoms with Crippen molar-refractivity contribution in [1.82, 2.24) is 0 Å². The van der Waals surface area contributed by atoms with Crippen LogP contribution >= 0.6 is 0 Å². The molecule has 2 nitrogen and oxygen atoms in total. The number of nitrogens with two attached hydrogens (primary N) is 1. The van der Waals surface area contributed by atoms with Crippen LogP contribution in [-0.4, -0.2) is 13.1 Å². The van der Waals surface area contributed by atoms with Crippen molar-refractivity contribution in [2.24, 2.45) is 11.7 Å². The van der Waals surface area contributed by atoms with Gasteiger partial charge in [0.15, 0.2) is 0 Å². The zero-order chi connectivity index (χ0) is 11.4. The van der Waals surface area contributed by atoms with Gasteiger partial charge in [0.2, 0.25) is 0 Å². The molecule has 1 aliphatic heterocycles. The summed E-state index contributed by atoms with van der Waals surface area (Å²) in [5, 5.41) is 0. The zero-order valence-electron chi connectivity index (χ0n) is 10.2. The lowest BCUT2D eigenvalue weighted by atomic mass is 9.94. The first-order valence-corrected chi connectivity index (χ1v) is 6.37. The Morgan fingerprint density at radius 3 is 2.31 bits per heavy atom. The van der Waals surface area contributed by atoms with Crippen LogP contribution in [0.15, 0.2) is 24.3 Å². The third-order valence-corrected chi connectivity index (χ3v) is 3.73. The Kier molecular flexibility index (Phi) is 3.83. The molecule has 0 radical (unpaired) electrons. The molecule has 2 heteroatoms. The predicted molar refractivity (Wildman–Crippen MR) is 69.6 cm³/mol. The topological polar surface area (TPSA) is 29.3 Å². The van der Waals surface area contributed by atoms with Crippen molar-refractivity contribution in [2.45, 2.75) is 32.7 Å². The van der Waals surface area contributed by atoms with E-state index in [1.165, 1.54) is 43.6 Å². The fraction of sp³-hybridized carbons (Fsp3) is 0.571. The molecular weight excluding hydrogens is 196 g/mol. The van der Waals surface area contributed by atoms with Crippen LogP contribution in [0.4, 0.5) is 5.69 Å². The summed E-state index contributed by atoms with van der Waals surface area (Å²) in [6.07, 6.45) is 4.02. The number of hydrogen-bond donors (Lipinski definition) is 1. The van der Waals surface area contributed by atoms with E-state index in [9.17, 15) is 0 Å². The van der Waals surface area contributed by atoms with Crippen LogP contribution in [0.25, 0.3) is 0 Å². The Labute approximate surface area is 98.4 Å². The lowest BCUT2D eigenvalue weighted by Crippen LogP contribution is -2.33. The second-order valence-corrected chi connectivity index (χ2v) is 4.71. The Morgan fingerprint density at radius 1 is 1.19 bits per heavy atom. The molecule has 2 N–H and O–H groups in total. The van der Waals surface area contributed by atoms with Gasteiger partial charge >= 0.3 is 0 Å².